The van der Waals surface area contributed by atoms with Crippen LogP contribution >= 0.6 is 0 Å². The van der Waals surface area contributed by atoms with E-state index in [4.69, 9.17) is 9.47 Å². The van der Waals surface area contributed by atoms with E-state index in [9.17, 15) is 4.79 Å². The maximum Gasteiger partial charge on any atom is 0.179 e. The first-order valence-electron chi connectivity index (χ1n) is 9.02. The Kier molecular flexibility index (Phi) is 2.67. The molecule has 4 aliphatic rings. The van der Waals surface area contributed by atoms with Crippen LogP contribution in [0, 0.1) is 11.3 Å². The number of hydrogen-bond donors (Lipinski definition) is 0. The summed E-state index contributed by atoms with van der Waals surface area (Å²) in [7, 11) is 3.92. The zero-order chi connectivity index (χ0) is 16.9. The number of rotatable bonds is 1. The molecule has 1 spiro atoms. The zero-order valence-corrected chi connectivity index (χ0v) is 14.9. The molecule has 1 aromatic rings. The molecule has 0 N–H and O–H groups in total. The molecule has 2 heterocycles. The van der Waals surface area contributed by atoms with Crippen molar-refractivity contribution in [2.45, 2.75) is 50.7 Å². The third kappa shape index (κ3) is 1.47. The van der Waals surface area contributed by atoms with Crippen LogP contribution < -0.4 is 9.47 Å². The van der Waals surface area contributed by atoms with Crippen molar-refractivity contribution in [3.8, 4) is 11.5 Å². The fourth-order valence-electron chi connectivity index (χ4n) is 6.05. The highest BCUT2D eigenvalue weighted by molar-refractivity contribution is 5.93. The number of carbonyl (C=O) groups excluding carboxylic acids is 1. The first kappa shape index (κ1) is 14.8. The molecule has 1 saturated carbocycles. The van der Waals surface area contributed by atoms with Crippen molar-refractivity contribution in [1.29, 1.82) is 0 Å². The summed E-state index contributed by atoms with van der Waals surface area (Å²) in [5.74, 6) is 2.38. The third-order valence-corrected chi connectivity index (χ3v) is 7.23. The Balaban J connectivity index is 1.81. The van der Waals surface area contributed by atoms with Crippen molar-refractivity contribution in [3.05, 3.63) is 23.3 Å². The lowest BCUT2D eigenvalue weighted by Crippen LogP contribution is -2.68. The second kappa shape index (κ2) is 4.34. The number of benzene rings is 1. The molecule has 5 rings (SSSR count). The summed E-state index contributed by atoms with van der Waals surface area (Å²) in [6.07, 6.45) is 2.67. The minimum absolute atomic E-state index is 0.138. The molecule has 2 bridgehead atoms. The number of piperidine rings is 1. The largest absolute Gasteiger partial charge is 0.493 e. The number of carbonyl (C=O) groups is 1. The number of methoxy groups -OCH3 is 1. The summed E-state index contributed by atoms with van der Waals surface area (Å²) >= 11 is 0. The molecule has 0 amide bonds. The van der Waals surface area contributed by atoms with Gasteiger partial charge >= 0.3 is 0 Å². The molecule has 2 aliphatic heterocycles. The van der Waals surface area contributed by atoms with Gasteiger partial charge in [-0.25, -0.2) is 0 Å². The number of hydrogen-bond acceptors (Lipinski definition) is 4. The molecule has 4 atom stereocenters. The Bertz CT molecular complexity index is 755. The van der Waals surface area contributed by atoms with Crippen LogP contribution in [0.3, 0.4) is 0 Å². The van der Waals surface area contributed by atoms with Gasteiger partial charge in [-0.05, 0) is 50.4 Å². The second-order valence-corrected chi connectivity index (χ2v) is 8.73. The van der Waals surface area contributed by atoms with Crippen LogP contribution in [0.4, 0.5) is 0 Å². The highest BCUT2D eigenvalue weighted by Crippen LogP contribution is 2.65. The second-order valence-electron chi connectivity index (χ2n) is 8.73. The van der Waals surface area contributed by atoms with E-state index in [0.29, 0.717) is 12.0 Å². The Hall–Kier alpha value is -1.55. The van der Waals surface area contributed by atoms with Crippen molar-refractivity contribution in [2.75, 3.05) is 20.7 Å². The van der Waals surface area contributed by atoms with Crippen LogP contribution in [0.5, 0.6) is 11.5 Å². The fourth-order valence-corrected chi connectivity index (χ4v) is 6.05. The van der Waals surface area contributed by atoms with Gasteiger partial charge in [-0.1, -0.05) is 19.9 Å². The average molecular weight is 327 g/mol. The predicted octanol–water partition coefficient (Wildman–Crippen LogP) is 2.57. The standard InChI is InChI=1S/C20H25NO3/c1-19(2)10-12-13-9-11-5-6-14(23-4)16-15(11)20(12,7-8-21(13)3)18(24-16)17(19)22/h5-6,12-13,18H,7-10H2,1-4H3/t12?,13-,18+,20+/m1/s1. The van der Waals surface area contributed by atoms with Gasteiger partial charge in [-0.3, -0.25) is 4.79 Å². The van der Waals surface area contributed by atoms with Crippen molar-refractivity contribution < 1.29 is 14.3 Å². The van der Waals surface area contributed by atoms with E-state index in [1.54, 1.807) is 7.11 Å². The maximum atomic E-state index is 13.3. The summed E-state index contributed by atoms with van der Waals surface area (Å²) in [5, 5.41) is 0. The molecule has 0 aromatic heterocycles. The van der Waals surface area contributed by atoms with Gasteiger partial charge in [0.1, 0.15) is 0 Å². The summed E-state index contributed by atoms with van der Waals surface area (Å²) in [4.78, 5) is 15.8. The smallest absolute Gasteiger partial charge is 0.179 e. The van der Waals surface area contributed by atoms with Crippen molar-refractivity contribution in [3.63, 3.8) is 0 Å². The van der Waals surface area contributed by atoms with Crippen LogP contribution in [0.2, 0.25) is 0 Å². The van der Waals surface area contributed by atoms with Gasteiger partial charge in [0, 0.05) is 22.4 Å². The topological polar surface area (TPSA) is 38.8 Å². The molecule has 1 unspecified atom stereocenters. The lowest BCUT2D eigenvalue weighted by atomic mass is 9.48. The van der Waals surface area contributed by atoms with Gasteiger partial charge in [-0.2, -0.15) is 0 Å². The first-order valence-corrected chi connectivity index (χ1v) is 9.02. The Labute approximate surface area is 143 Å². The summed E-state index contributed by atoms with van der Waals surface area (Å²) in [6, 6.07) is 4.70. The predicted molar refractivity (Wildman–Crippen MR) is 90.7 cm³/mol. The van der Waals surface area contributed by atoms with Gasteiger partial charge in [0.2, 0.25) is 0 Å². The Morgan fingerprint density at radius 1 is 1.33 bits per heavy atom. The van der Waals surface area contributed by atoms with Gasteiger partial charge in [-0.15, -0.1) is 0 Å². The van der Waals surface area contributed by atoms with Crippen LogP contribution in [0.1, 0.15) is 37.8 Å². The normalized spacial score (nSPS) is 38.5. The van der Waals surface area contributed by atoms with Gasteiger partial charge in [0.25, 0.3) is 0 Å². The average Bonchev–Trinajstić information content (AvgIpc) is 2.89. The Morgan fingerprint density at radius 2 is 2.12 bits per heavy atom. The van der Waals surface area contributed by atoms with Crippen LogP contribution in [0.15, 0.2) is 12.1 Å². The number of nitrogens with zero attached hydrogens (tertiary/aromatic N) is 1. The number of ether oxygens (including phenoxy) is 2. The SMILES string of the molecule is COc1ccc2c3c1O[C@H]1C(=O)C(C)(C)CC4[C@@H](C2)N(C)CC[C@@]341. The summed E-state index contributed by atoms with van der Waals surface area (Å²) in [5.41, 5.74) is 2.20. The Morgan fingerprint density at radius 3 is 2.88 bits per heavy atom. The molecular weight excluding hydrogens is 302 g/mol. The molecule has 0 radical (unpaired) electrons. The van der Waals surface area contributed by atoms with E-state index >= 15 is 0 Å². The minimum atomic E-state index is -0.340. The highest BCUT2D eigenvalue weighted by atomic mass is 16.5. The molecule has 2 aliphatic carbocycles. The number of likely N-dealkylation sites (N-methyl/N-ethyl adjacent to an activating group) is 1. The van der Waals surface area contributed by atoms with Crippen LogP contribution in [-0.2, 0) is 16.6 Å². The molecule has 24 heavy (non-hydrogen) atoms. The summed E-state index contributed by atoms with van der Waals surface area (Å²) < 4.78 is 12.0. The highest BCUT2D eigenvalue weighted by Gasteiger charge is 2.68. The van der Waals surface area contributed by atoms with E-state index < -0.39 is 0 Å². The molecule has 128 valence electrons. The zero-order valence-electron chi connectivity index (χ0n) is 14.9. The summed E-state index contributed by atoms with van der Waals surface area (Å²) in [6.45, 7) is 5.22. The first-order chi connectivity index (χ1) is 11.4. The molecular formula is C20H25NO3. The van der Waals surface area contributed by atoms with E-state index in [2.05, 4.69) is 31.9 Å². The quantitative estimate of drug-likeness (QED) is 0.795. The van der Waals surface area contributed by atoms with E-state index in [1.165, 1.54) is 11.1 Å². The molecule has 2 fully saturated rings. The van der Waals surface area contributed by atoms with Gasteiger partial charge in [0.15, 0.2) is 23.4 Å². The number of ketones is 1. The fraction of sp³-hybridized carbons (Fsp3) is 0.650. The molecule has 4 nitrogen and oxygen atoms in total. The van der Waals surface area contributed by atoms with E-state index in [-0.39, 0.29) is 22.7 Å². The van der Waals surface area contributed by atoms with Crippen molar-refractivity contribution in [2.24, 2.45) is 11.3 Å². The third-order valence-electron chi connectivity index (χ3n) is 7.23. The lowest BCUT2D eigenvalue weighted by Gasteiger charge is -2.59. The van der Waals surface area contributed by atoms with Crippen LogP contribution in [-0.4, -0.2) is 43.5 Å². The number of likely N-dealkylation sites (tertiary alicyclic amines) is 1. The molecule has 4 heteroatoms. The maximum absolute atomic E-state index is 13.3. The number of Topliss-reactive ketones (excluding diaryl/α,β-unsaturated/α-hetero) is 1. The lowest BCUT2D eigenvalue weighted by molar-refractivity contribution is -0.152. The van der Waals surface area contributed by atoms with Gasteiger partial charge in [0.05, 0.1) is 7.11 Å². The molecule has 1 saturated heterocycles. The minimum Gasteiger partial charge on any atom is -0.493 e. The molecule has 1 aromatic carbocycles. The van der Waals surface area contributed by atoms with Crippen molar-refractivity contribution >= 4 is 5.78 Å². The van der Waals surface area contributed by atoms with E-state index in [0.717, 1.165) is 37.3 Å². The van der Waals surface area contributed by atoms with E-state index in [1.807, 2.05) is 6.07 Å². The van der Waals surface area contributed by atoms with Crippen LogP contribution in [0.25, 0.3) is 0 Å². The van der Waals surface area contributed by atoms with Gasteiger partial charge < -0.3 is 14.4 Å². The monoisotopic (exact) mass is 327 g/mol. The van der Waals surface area contributed by atoms with Crippen molar-refractivity contribution in [1.82, 2.24) is 4.90 Å².